The smallest absolute Gasteiger partial charge is 0.171 e. The molecule has 2 aliphatic heterocycles. The van der Waals surface area contributed by atoms with E-state index in [-0.39, 0.29) is 5.79 Å². The number of aromatic nitrogens is 2. The number of fused-ring (bicyclic) bond motifs is 1. The van der Waals surface area contributed by atoms with Gasteiger partial charge in [0.2, 0.25) is 0 Å². The number of rotatable bonds is 1. The van der Waals surface area contributed by atoms with E-state index in [1.54, 1.807) is 0 Å². The maximum absolute atomic E-state index is 6.20. The quantitative estimate of drug-likeness (QED) is 0.878. The van der Waals surface area contributed by atoms with Crippen LogP contribution in [-0.4, -0.2) is 42.3 Å². The molecule has 0 saturated carbocycles. The Bertz CT molecular complexity index is 626. The number of hydrogen-bond acceptors (Lipinski definition) is 4. The van der Waals surface area contributed by atoms with Gasteiger partial charge in [0, 0.05) is 42.0 Å². The predicted molar refractivity (Wildman–Crippen MR) is 77.2 cm³/mol. The van der Waals surface area contributed by atoms with Crippen LogP contribution in [-0.2, 0) is 9.47 Å². The summed E-state index contributed by atoms with van der Waals surface area (Å²) in [7, 11) is 0. The molecule has 0 aliphatic carbocycles. The zero-order chi connectivity index (χ0) is 13.6. The lowest BCUT2D eigenvalue weighted by atomic mass is 10.0. The molecule has 0 atom stereocenters. The van der Waals surface area contributed by atoms with Gasteiger partial charge >= 0.3 is 0 Å². The van der Waals surface area contributed by atoms with Gasteiger partial charge in [0.05, 0.1) is 24.9 Å². The molecular weight excluding hydrogens is 278 g/mol. The van der Waals surface area contributed by atoms with Gasteiger partial charge in [-0.2, -0.15) is 5.10 Å². The lowest BCUT2D eigenvalue weighted by Gasteiger charge is -2.38. The van der Waals surface area contributed by atoms with Gasteiger partial charge in [-0.05, 0) is 12.1 Å². The first kappa shape index (κ1) is 12.4. The van der Waals surface area contributed by atoms with Crippen LogP contribution in [0.2, 0.25) is 5.02 Å². The van der Waals surface area contributed by atoms with E-state index >= 15 is 0 Å². The van der Waals surface area contributed by atoms with Gasteiger partial charge in [-0.25, -0.2) is 0 Å². The molecule has 2 aromatic rings. The van der Waals surface area contributed by atoms with Gasteiger partial charge in [-0.1, -0.05) is 11.6 Å². The summed E-state index contributed by atoms with van der Waals surface area (Å²) in [5.41, 5.74) is 2.11. The second-order valence-electron chi connectivity index (χ2n) is 5.35. The molecule has 6 heteroatoms. The van der Waals surface area contributed by atoms with E-state index in [1.165, 1.54) is 0 Å². The van der Waals surface area contributed by atoms with Crippen LogP contribution in [0.15, 0.2) is 18.3 Å². The molecule has 106 valence electrons. The van der Waals surface area contributed by atoms with Crippen LogP contribution in [0, 0.1) is 0 Å². The largest absolute Gasteiger partial charge is 0.370 e. The van der Waals surface area contributed by atoms with Crippen LogP contribution in [0.4, 0.5) is 5.69 Å². The SMILES string of the molecule is Clc1cc(N2CCC3(CC2)OCCO3)c2cn[nH]c2c1. The van der Waals surface area contributed by atoms with Crippen LogP contribution >= 0.6 is 11.6 Å². The molecule has 20 heavy (non-hydrogen) atoms. The van der Waals surface area contributed by atoms with Crippen LogP contribution in [0.1, 0.15) is 12.8 Å². The Morgan fingerprint density at radius 1 is 1.20 bits per heavy atom. The molecule has 0 bridgehead atoms. The highest BCUT2D eigenvalue weighted by Crippen LogP contribution is 2.36. The third-order valence-electron chi connectivity index (χ3n) is 4.18. The zero-order valence-corrected chi connectivity index (χ0v) is 11.8. The van der Waals surface area contributed by atoms with E-state index < -0.39 is 0 Å². The summed E-state index contributed by atoms with van der Waals surface area (Å²) < 4.78 is 11.5. The number of piperidine rings is 1. The van der Waals surface area contributed by atoms with Crippen molar-refractivity contribution in [3.8, 4) is 0 Å². The molecule has 0 unspecified atom stereocenters. The first-order chi connectivity index (χ1) is 9.76. The first-order valence-electron chi connectivity index (χ1n) is 6.91. The maximum Gasteiger partial charge on any atom is 0.171 e. The molecular formula is C14H16ClN3O2. The number of halogens is 1. The fraction of sp³-hybridized carbons (Fsp3) is 0.500. The predicted octanol–water partition coefficient (Wildman–Crippen LogP) is 2.56. The fourth-order valence-electron chi connectivity index (χ4n) is 3.13. The lowest BCUT2D eigenvalue weighted by Crippen LogP contribution is -2.45. The Kier molecular flexibility index (Phi) is 2.87. The summed E-state index contributed by atoms with van der Waals surface area (Å²) in [6.07, 6.45) is 3.63. The van der Waals surface area contributed by atoms with E-state index in [0.29, 0.717) is 13.2 Å². The Balaban J connectivity index is 1.62. The number of H-pyrrole nitrogens is 1. The summed E-state index contributed by atoms with van der Waals surface area (Å²) >= 11 is 6.20. The average Bonchev–Trinajstić information content (AvgIpc) is 3.08. The second-order valence-corrected chi connectivity index (χ2v) is 5.79. The average molecular weight is 294 g/mol. The van der Waals surface area contributed by atoms with Crippen LogP contribution < -0.4 is 4.90 Å². The van der Waals surface area contributed by atoms with Crippen molar-refractivity contribution in [1.29, 1.82) is 0 Å². The molecule has 1 aromatic carbocycles. The number of anilines is 1. The standard InChI is InChI=1S/C14H16ClN3O2/c15-10-7-12-11(9-16-17-12)13(8-10)18-3-1-14(2-4-18)19-5-6-20-14/h7-9H,1-6H2,(H,16,17). The summed E-state index contributed by atoms with van der Waals surface area (Å²) in [5, 5.41) is 8.92. The Labute approximate surface area is 121 Å². The molecule has 1 spiro atoms. The van der Waals surface area contributed by atoms with Gasteiger partial charge in [-0.3, -0.25) is 5.10 Å². The molecule has 5 nitrogen and oxygen atoms in total. The van der Waals surface area contributed by atoms with Crippen molar-refractivity contribution >= 4 is 28.2 Å². The maximum atomic E-state index is 6.20. The lowest BCUT2D eigenvalue weighted by molar-refractivity contribution is -0.169. The summed E-state index contributed by atoms with van der Waals surface area (Å²) in [6.45, 7) is 3.23. The van der Waals surface area contributed by atoms with E-state index in [4.69, 9.17) is 21.1 Å². The van der Waals surface area contributed by atoms with Crippen molar-refractivity contribution in [2.45, 2.75) is 18.6 Å². The highest BCUT2D eigenvalue weighted by Gasteiger charge is 2.40. The molecule has 0 radical (unpaired) electrons. The van der Waals surface area contributed by atoms with Crippen molar-refractivity contribution < 1.29 is 9.47 Å². The monoisotopic (exact) mass is 293 g/mol. The summed E-state index contributed by atoms with van der Waals surface area (Å²) in [6, 6.07) is 3.91. The number of ether oxygens (including phenoxy) is 2. The van der Waals surface area contributed by atoms with Gasteiger partial charge < -0.3 is 14.4 Å². The molecule has 0 amide bonds. The number of aromatic amines is 1. The van der Waals surface area contributed by atoms with Crippen molar-refractivity contribution in [3.63, 3.8) is 0 Å². The molecule has 4 rings (SSSR count). The van der Waals surface area contributed by atoms with Crippen molar-refractivity contribution in [2.75, 3.05) is 31.2 Å². The Morgan fingerprint density at radius 2 is 1.95 bits per heavy atom. The minimum Gasteiger partial charge on any atom is -0.370 e. The zero-order valence-electron chi connectivity index (χ0n) is 11.1. The van der Waals surface area contributed by atoms with Crippen molar-refractivity contribution in [1.82, 2.24) is 10.2 Å². The van der Waals surface area contributed by atoms with Gasteiger partial charge in [0.15, 0.2) is 5.79 Å². The molecule has 2 saturated heterocycles. The first-order valence-corrected chi connectivity index (χ1v) is 7.29. The van der Waals surface area contributed by atoms with Crippen molar-refractivity contribution in [3.05, 3.63) is 23.4 Å². The molecule has 3 heterocycles. The van der Waals surface area contributed by atoms with E-state index in [9.17, 15) is 0 Å². The summed E-state index contributed by atoms with van der Waals surface area (Å²) in [5.74, 6) is -0.343. The minimum atomic E-state index is -0.343. The number of benzene rings is 1. The minimum absolute atomic E-state index is 0.343. The van der Waals surface area contributed by atoms with Gasteiger partial charge in [0.25, 0.3) is 0 Å². The molecule has 2 fully saturated rings. The highest BCUT2D eigenvalue weighted by atomic mass is 35.5. The third-order valence-corrected chi connectivity index (χ3v) is 4.40. The van der Waals surface area contributed by atoms with Crippen molar-refractivity contribution in [2.24, 2.45) is 0 Å². The molecule has 1 aromatic heterocycles. The Morgan fingerprint density at radius 3 is 2.70 bits per heavy atom. The van der Waals surface area contributed by atoms with E-state index in [0.717, 1.165) is 47.5 Å². The number of hydrogen-bond donors (Lipinski definition) is 1. The normalized spacial score (nSPS) is 21.9. The number of nitrogens with zero attached hydrogens (tertiary/aromatic N) is 2. The molecule has 1 N–H and O–H groups in total. The van der Waals surface area contributed by atoms with E-state index in [2.05, 4.69) is 15.1 Å². The van der Waals surface area contributed by atoms with Crippen LogP contribution in [0.3, 0.4) is 0 Å². The highest BCUT2D eigenvalue weighted by molar-refractivity contribution is 6.31. The summed E-state index contributed by atoms with van der Waals surface area (Å²) in [4.78, 5) is 2.33. The van der Waals surface area contributed by atoms with E-state index in [1.807, 2.05) is 18.3 Å². The second kappa shape index (κ2) is 4.62. The molecule has 2 aliphatic rings. The van der Waals surface area contributed by atoms with Gasteiger partial charge in [0.1, 0.15) is 0 Å². The number of nitrogens with one attached hydrogen (secondary N) is 1. The van der Waals surface area contributed by atoms with Crippen LogP contribution in [0.5, 0.6) is 0 Å². The fourth-order valence-corrected chi connectivity index (χ4v) is 3.35. The third kappa shape index (κ3) is 1.97. The topological polar surface area (TPSA) is 50.4 Å². The van der Waals surface area contributed by atoms with Gasteiger partial charge in [-0.15, -0.1) is 0 Å². The Hall–Kier alpha value is -1.30. The van der Waals surface area contributed by atoms with Crippen LogP contribution in [0.25, 0.3) is 10.9 Å².